The molecule has 1 saturated heterocycles. The third kappa shape index (κ3) is 6.61. The first kappa shape index (κ1) is 33.1. The van der Waals surface area contributed by atoms with Crippen molar-refractivity contribution in [1.82, 2.24) is 19.4 Å². The highest BCUT2D eigenvalue weighted by Gasteiger charge is 2.55. The molecule has 0 radical (unpaired) electrons. The molecule has 11 nitrogen and oxygen atoms in total. The van der Waals surface area contributed by atoms with Crippen molar-refractivity contribution in [1.29, 1.82) is 0 Å². The molecule has 48 heavy (non-hydrogen) atoms. The van der Waals surface area contributed by atoms with Gasteiger partial charge >= 0.3 is 5.97 Å². The van der Waals surface area contributed by atoms with E-state index in [-0.39, 0.29) is 24.2 Å². The van der Waals surface area contributed by atoms with E-state index in [0.29, 0.717) is 43.5 Å². The van der Waals surface area contributed by atoms with Crippen LogP contribution >= 0.6 is 0 Å². The first-order valence-electron chi connectivity index (χ1n) is 17.8. The van der Waals surface area contributed by atoms with Crippen LogP contribution in [-0.2, 0) is 25.5 Å². The number of carbonyl (C=O) groups excluding carboxylic acids is 1. The maximum atomic E-state index is 11.9. The number of nitrogens with zero attached hydrogens (tertiary/aromatic N) is 4. The standard InChI is InChI=1S/C37H51N5O6/c1-6-46-32(43)13-10-23-16-27(17-23)42(26-8-7-9-26)21-25-18-30(34-33(25)47-37(2,3)48-34)41-15-14-29-35(39-22-40-36(29)41)38-20-24-11-12-28(44-4)19-31(24)45-5/h11-12,14-15,19,22-23,25-27,30,33-34H,6-10,13,16-18,20-21H2,1-5H3,(H,38,39,40)/t23?,25-,27?,30-,33-,34+/m1/s1. The van der Waals surface area contributed by atoms with Gasteiger partial charge in [0.25, 0.3) is 0 Å². The first-order chi connectivity index (χ1) is 23.3. The normalized spacial score (nSPS) is 27.8. The number of rotatable bonds is 14. The van der Waals surface area contributed by atoms with Gasteiger partial charge in [0.2, 0.25) is 0 Å². The summed E-state index contributed by atoms with van der Waals surface area (Å²) in [6.07, 6.45) is 12.4. The molecule has 4 fully saturated rings. The fourth-order valence-corrected chi connectivity index (χ4v) is 8.41. The average molecular weight is 662 g/mol. The summed E-state index contributed by atoms with van der Waals surface area (Å²) in [5.74, 6) is 2.55. The minimum absolute atomic E-state index is 0.0201. The number of carbonyl (C=O) groups is 1. The number of benzene rings is 1. The van der Waals surface area contributed by atoms with E-state index in [9.17, 15) is 4.79 Å². The Labute approximate surface area is 283 Å². The molecule has 3 heterocycles. The van der Waals surface area contributed by atoms with Crippen LogP contribution in [0.2, 0.25) is 0 Å². The number of fused-ring (bicyclic) bond motifs is 2. The molecule has 4 aliphatic rings. The van der Waals surface area contributed by atoms with Crippen molar-refractivity contribution in [2.24, 2.45) is 11.8 Å². The number of ether oxygens (including phenoxy) is 5. The fourth-order valence-electron chi connectivity index (χ4n) is 8.41. The molecule has 0 amide bonds. The molecule has 0 bridgehead atoms. The molecule has 2 aromatic heterocycles. The predicted molar refractivity (Wildman–Crippen MR) is 182 cm³/mol. The van der Waals surface area contributed by atoms with E-state index in [1.54, 1.807) is 20.5 Å². The molecule has 11 heteroatoms. The molecule has 1 aliphatic heterocycles. The van der Waals surface area contributed by atoms with Gasteiger partial charge in [0, 0.05) is 55.3 Å². The maximum Gasteiger partial charge on any atom is 0.305 e. The van der Waals surface area contributed by atoms with Crippen LogP contribution in [0.25, 0.3) is 11.0 Å². The molecule has 1 aromatic carbocycles. The third-order valence-electron chi connectivity index (χ3n) is 11.1. The second-order valence-electron chi connectivity index (χ2n) is 14.5. The van der Waals surface area contributed by atoms with E-state index in [1.165, 1.54) is 32.1 Å². The SMILES string of the molecule is CCOC(=O)CCC1CC(N(C[C@H]2C[C@@H](n3ccc4c(NCc5ccc(OC)cc5OC)ncnc43)[C@@H]3OC(C)(C)O[C@H]23)C2CCC2)C1. The van der Waals surface area contributed by atoms with E-state index in [0.717, 1.165) is 53.3 Å². The van der Waals surface area contributed by atoms with Crippen molar-refractivity contribution >= 4 is 22.8 Å². The minimum atomic E-state index is -0.635. The van der Waals surface area contributed by atoms with Crippen molar-refractivity contribution in [2.75, 3.05) is 32.7 Å². The van der Waals surface area contributed by atoms with Crippen LogP contribution in [0.4, 0.5) is 5.82 Å². The van der Waals surface area contributed by atoms with Crippen LogP contribution in [0.15, 0.2) is 36.8 Å². The summed E-state index contributed by atoms with van der Waals surface area (Å²) in [5, 5.41) is 4.49. The lowest BCUT2D eigenvalue weighted by molar-refractivity contribution is -0.162. The van der Waals surface area contributed by atoms with Crippen molar-refractivity contribution in [3.05, 3.63) is 42.4 Å². The zero-order valence-electron chi connectivity index (χ0n) is 29.0. The smallest absolute Gasteiger partial charge is 0.305 e. The number of nitrogens with one attached hydrogen (secondary N) is 1. The second-order valence-corrected chi connectivity index (χ2v) is 14.5. The predicted octanol–water partition coefficient (Wildman–Crippen LogP) is 6.12. The largest absolute Gasteiger partial charge is 0.497 e. The molecule has 0 unspecified atom stereocenters. The summed E-state index contributed by atoms with van der Waals surface area (Å²) in [6, 6.07) is 9.27. The molecule has 3 saturated carbocycles. The summed E-state index contributed by atoms with van der Waals surface area (Å²) >= 11 is 0. The van der Waals surface area contributed by atoms with E-state index in [2.05, 4.69) is 32.0 Å². The lowest BCUT2D eigenvalue weighted by atomic mass is 9.74. The van der Waals surface area contributed by atoms with E-state index >= 15 is 0 Å². The van der Waals surface area contributed by atoms with Crippen LogP contribution in [0.3, 0.4) is 0 Å². The number of aromatic nitrogens is 3. The van der Waals surface area contributed by atoms with E-state index in [1.807, 2.05) is 39.0 Å². The van der Waals surface area contributed by atoms with Gasteiger partial charge in [-0.05, 0) is 83.4 Å². The molecule has 4 atom stereocenters. The molecule has 0 spiro atoms. The Bertz CT molecular complexity index is 1580. The monoisotopic (exact) mass is 661 g/mol. The van der Waals surface area contributed by atoms with Crippen molar-refractivity contribution in [3.63, 3.8) is 0 Å². The number of hydrogen-bond acceptors (Lipinski definition) is 10. The molecule has 3 aliphatic carbocycles. The molecule has 7 rings (SSSR count). The second kappa shape index (κ2) is 13.8. The van der Waals surface area contributed by atoms with Gasteiger partial charge in [-0.3, -0.25) is 9.69 Å². The topological polar surface area (TPSA) is 109 Å². The Kier molecular flexibility index (Phi) is 9.54. The average Bonchev–Trinajstić information content (AvgIpc) is 3.69. The van der Waals surface area contributed by atoms with Crippen LogP contribution in [-0.4, -0.2) is 82.9 Å². The summed E-state index contributed by atoms with van der Waals surface area (Å²) < 4.78 is 31.8. The lowest BCUT2D eigenvalue weighted by Crippen LogP contribution is -2.54. The van der Waals surface area contributed by atoms with Crippen LogP contribution < -0.4 is 14.8 Å². The highest BCUT2D eigenvalue weighted by molar-refractivity contribution is 5.87. The highest BCUT2D eigenvalue weighted by Crippen LogP contribution is 2.49. The Morgan fingerprint density at radius 3 is 2.60 bits per heavy atom. The van der Waals surface area contributed by atoms with Crippen LogP contribution in [0, 0.1) is 11.8 Å². The van der Waals surface area contributed by atoms with Gasteiger partial charge in [0.05, 0.1) is 38.4 Å². The van der Waals surface area contributed by atoms with Crippen molar-refractivity contribution < 1.29 is 28.5 Å². The number of esters is 1. The Hall–Kier alpha value is -3.41. The van der Waals surface area contributed by atoms with Crippen molar-refractivity contribution in [3.8, 4) is 11.5 Å². The first-order valence-corrected chi connectivity index (χ1v) is 17.8. The molecule has 260 valence electrons. The van der Waals surface area contributed by atoms with Gasteiger partial charge in [-0.25, -0.2) is 9.97 Å². The quantitative estimate of drug-likeness (QED) is 0.203. The molecule has 1 N–H and O–H groups in total. The highest BCUT2D eigenvalue weighted by atomic mass is 16.8. The van der Waals surface area contributed by atoms with Crippen LogP contribution in [0.1, 0.15) is 83.7 Å². The van der Waals surface area contributed by atoms with Gasteiger partial charge in [0.15, 0.2) is 5.79 Å². The summed E-state index contributed by atoms with van der Waals surface area (Å²) in [6.45, 7) is 7.97. The van der Waals surface area contributed by atoms with Crippen molar-refractivity contribution in [2.45, 2.75) is 115 Å². The zero-order chi connectivity index (χ0) is 33.4. The van der Waals surface area contributed by atoms with Crippen LogP contribution in [0.5, 0.6) is 11.5 Å². The summed E-state index contributed by atoms with van der Waals surface area (Å²) in [7, 11) is 3.32. The fraction of sp³-hybridized carbons (Fsp3) is 0.649. The summed E-state index contributed by atoms with van der Waals surface area (Å²) in [4.78, 5) is 24.1. The number of methoxy groups -OCH3 is 2. The van der Waals surface area contributed by atoms with Gasteiger partial charge < -0.3 is 33.6 Å². The van der Waals surface area contributed by atoms with Gasteiger partial charge in [-0.1, -0.05) is 6.42 Å². The maximum absolute atomic E-state index is 11.9. The zero-order valence-corrected chi connectivity index (χ0v) is 29.0. The Balaban J connectivity index is 1.07. The van der Waals surface area contributed by atoms with Gasteiger partial charge in [0.1, 0.15) is 35.4 Å². The minimum Gasteiger partial charge on any atom is -0.497 e. The lowest BCUT2D eigenvalue weighted by Gasteiger charge is -2.50. The third-order valence-corrected chi connectivity index (χ3v) is 11.1. The van der Waals surface area contributed by atoms with E-state index in [4.69, 9.17) is 28.7 Å². The summed E-state index contributed by atoms with van der Waals surface area (Å²) in [5.41, 5.74) is 1.91. The molecular weight excluding hydrogens is 610 g/mol. The number of hydrogen-bond donors (Lipinski definition) is 1. The van der Waals surface area contributed by atoms with Gasteiger partial charge in [-0.2, -0.15) is 0 Å². The Morgan fingerprint density at radius 2 is 1.88 bits per heavy atom. The van der Waals surface area contributed by atoms with Gasteiger partial charge in [-0.15, -0.1) is 0 Å². The molecule has 3 aromatic rings. The Morgan fingerprint density at radius 1 is 1.06 bits per heavy atom. The number of anilines is 1. The molecular formula is C37H51N5O6. The van der Waals surface area contributed by atoms with E-state index < -0.39 is 5.79 Å².